The number of rotatable bonds is 6. The third-order valence-electron chi connectivity index (χ3n) is 27.8. The summed E-state index contributed by atoms with van der Waals surface area (Å²) in [4.78, 5) is 15.8. The van der Waals surface area contributed by atoms with E-state index in [1.807, 2.05) is 22.7 Å². The molecule has 0 spiro atoms. The fraction of sp³-hybridized carbons (Fsp3) is 0.0250. The summed E-state index contributed by atoms with van der Waals surface area (Å²) in [5.74, 6) is 1.89. The molecule has 8 heterocycles. The Balaban J connectivity index is 0.000000100. The molecule has 8 aromatic heterocycles. The standard InChI is InChI=1S/C42H28N4.2C39H22N4S/c1-42(2)34-18-10-8-15-28(34)31-22-21-30-27-14-6-7-17-32(27)39-40(37(30)38(31)42)44-45-41(43-39)25-20-23-36-33(24-25)29-16-9-11-19-35(29)46(36)26-12-4-3-5-13-26;1-2-10-24(11-3-1)43-32-16-8-6-13-26(32)31-22-23(18-21-33(31)43)39-40-36-29-15-5-4-12-25(29)28-19-20-30-27-14-7-9-17-34(27)44-38(30)35(28)37(36)41-42-39;1-2-10-24(11-3-1)43-33-16-8-6-13-26(33)30-20-23(18-19-34(30)43)39-40-37-28-15-5-4-12-25(28)29-22-36-31(21-32(29)38(37)41-42-39)27-14-7-9-17-35(27)44-36/h3-24H,1-2H3;2*1-22H. The van der Waals surface area contributed by atoms with Gasteiger partial charge in [-0.15, -0.1) is 53.3 Å². The van der Waals surface area contributed by atoms with Crippen LogP contribution >= 0.6 is 22.7 Å². The average molecular weight is 1750 g/mol. The Kier molecular flexibility index (Phi) is 16.6. The van der Waals surface area contributed by atoms with E-state index >= 15 is 0 Å². The lowest BCUT2D eigenvalue weighted by molar-refractivity contribution is 0.666. The summed E-state index contributed by atoms with van der Waals surface area (Å²) < 4.78 is 12.1. The van der Waals surface area contributed by atoms with E-state index in [1.165, 1.54) is 144 Å². The molecule has 0 radical (unpaired) electrons. The molecular weight excluding hydrogens is 1670 g/mol. The van der Waals surface area contributed by atoms with Crippen LogP contribution in [0.15, 0.2) is 400 Å². The summed E-state index contributed by atoms with van der Waals surface area (Å²) in [7, 11) is 0. The number of fused-ring (bicyclic) bond motifs is 38. The second kappa shape index (κ2) is 29.4. The summed E-state index contributed by atoms with van der Waals surface area (Å²) in [6.45, 7) is 4.66. The van der Waals surface area contributed by atoms with Crippen molar-refractivity contribution in [1.82, 2.24) is 59.2 Å². The SMILES string of the molecule is CC1(C)c2ccccc2-c2ccc3c4ccccc4c4nc(-c5ccc6c(c5)c5ccccc5n6-c5ccccc5)nnc4c3c21.c1ccc(-n2c3ccccc3c3cc(-c4nnc5c(n4)c4ccccc4c4ccc6c7ccccc7sc6c45)ccc32)cc1.c1ccc(-n2c3ccccc3c3cc(-c4nnc5c6cc7c(cc6c6ccccc6c5n4)sc4ccccc47)ccc32)cc1. The summed E-state index contributed by atoms with van der Waals surface area (Å²) in [5, 5.41) is 55.1. The zero-order valence-corrected chi connectivity index (χ0v) is 73.9. The largest absolute Gasteiger partial charge is 0.309 e. The highest BCUT2D eigenvalue weighted by molar-refractivity contribution is 7.27. The maximum absolute atomic E-state index is 5.32. The van der Waals surface area contributed by atoms with Crippen molar-refractivity contribution in [3.63, 3.8) is 0 Å². The lowest BCUT2D eigenvalue weighted by atomic mass is 9.79. The quantitative estimate of drug-likeness (QED) is 0.149. The summed E-state index contributed by atoms with van der Waals surface area (Å²) in [5.41, 5.74) is 23.5. The first-order valence-electron chi connectivity index (χ1n) is 45.2. The minimum Gasteiger partial charge on any atom is -0.309 e. The third kappa shape index (κ3) is 11.4. The maximum Gasteiger partial charge on any atom is 0.182 e. The Morgan fingerprint density at radius 2 is 0.567 bits per heavy atom. The van der Waals surface area contributed by atoms with Crippen LogP contribution in [0.3, 0.4) is 0 Å². The summed E-state index contributed by atoms with van der Waals surface area (Å²) in [6.07, 6.45) is 0. The average Bonchev–Trinajstić information content (AvgIpc) is 1.49. The van der Waals surface area contributed by atoms with E-state index in [4.69, 9.17) is 45.5 Å². The van der Waals surface area contributed by atoms with E-state index < -0.39 is 0 Å². The van der Waals surface area contributed by atoms with Crippen molar-refractivity contribution >= 4 is 226 Å². The Labute approximate surface area is 772 Å². The second-order valence-electron chi connectivity index (χ2n) is 35.4. The predicted octanol–water partition coefficient (Wildman–Crippen LogP) is 31.3. The number of hydrogen-bond donors (Lipinski definition) is 0. The smallest absolute Gasteiger partial charge is 0.182 e. The van der Waals surface area contributed by atoms with Crippen LogP contribution in [0.25, 0.3) is 266 Å². The molecule has 0 amide bonds. The van der Waals surface area contributed by atoms with Gasteiger partial charge in [-0.05, 0) is 188 Å². The monoisotopic (exact) mass is 1740 g/mol. The van der Waals surface area contributed by atoms with Gasteiger partial charge < -0.3 is 13.7 Å². The molecule has 134 heavy (non-hydrogen) atoms. The van der Waals surface area contributed by atoms with E-state index in [0.29, 0.717) is 17.5 Å². The van der Waals surface area contributed by atoms with Crippen molar-refractivity contribution in [3.8, 4) is 62.4 Å². The molecule has 0 fully saturated rings. The van der Waals surface area contributed by atoms with Gasteiger partial charge in [-0.1, -0.05) is 281 Å². The molecule has 0 bridgehead atoms. The first-order valence-corrected chi connectivity index (χ1v) is 46.9. The van der Waals surface area contributed by atoms with Crippen LogP contribution in [0.4, 0.5) is 0 Å². The number of nitrogens with zero attached hydrogens (tertiary/aromatic N) is 12. The van der Waals surface area contributed by atoms with Crippen LogP contribution in [-0.2, 0) is 5.41 Å². The van der Waals surface area contributed by atoms with Gasteiger partial charge in [0, 0.05) is 144 Å². The number of para-hydroxylation sites is 6. The molecule has 0 atom stereocenters. The molecule has 0 saturated heterocycles. The highest BCUT2D eigenvalue weighted by Crippen LogP contribution is 2.55. The van der Waals surface area contributed by atoms with Gasteiger partial charge in [0.1, 0.15) is 33.1 Å². The van der Waals surface area contributed by atoms with Crippen molar-refractivity contribution in [3.05, 3.63) is 412 Å². The molecule has 0 N–H and O–H groups in total. The number of aromatic nitrogens is 12. The van der Waals surface area contributed by atoms with Gasteiger partial charge >= 0.3 is 0 Å². The van der Waals surface area contributed by atoms with Gasteiger partial charge in [-0.3, -0.25) is 0 Å². The van der Waals surface area contributed by atoms with E-state index in [0.717, 1.165) is 116 Å². The fourth-order valence-corrected chi connectivity index (χ4v) is 24.3. The first-order chi connectivity index (χ1) is 66.2. The Hall–Kier alpha value is -17.2. The summed E-state index contributed by atoms with van der Waals surface area (Å²) in [6, 6.07) is 142. The van der Waals surface area contributed by atoms with Crippen LogP contribution in [0.2, 0.25) is 0 Å². The van der Waals surface area contributed by atoms with Crippen molar-refractivity contribution in [2.75, 3.05) is 0 Å². The molecule has 0 saturated carbocycles. The topological polar surface area (TPSA) is 131 Å². The zero-order chi connectivity index (χ0) is 88.1. The second-order valence-corrected chi connectivity index (χ2v) is 37.6. The van der Waals surface area contributed by atoms with Gasteiger partial charge in [0.05, 0.1) is 33.1 Å². The minimum absolute atomic E-state index is 0.181. The summed E-state index contributed by atoms with van der Waals surface area (Å²) >= 11 is 3.66. The van der Waals surface area contributed by atoms with Gasteiger partial charge in [-0.2, -0.15) is 0 Å². The van der Waals surface area contributed by atoms with Crippen molar-refractivity contribution in [2.45, 2.75) is 19.3 Å². The number of hydrogen-bond acceptors (Lipinski definition) is 11. The van der Waals surface area contributed by atoms with Crippen molar-refractivity contribution in [2.24, 2.45) is 0 Å². The number of thiophene rings is 2. The number of benzene rings is 21. The lowest BCUT2D eigenvalue weighted by Crippen LogP contribution is -2.16. The maximum atomic E-state index is 5.32. The van der Waals surface area contributed by atoms with E-state index in [9.17, 15) is 0 Å². The molecule has 12 nitrogen and oxygen atoms in total. The van der Waals surface area contributed by atoms with E-state index in [2.05, 4.69) is 428 Å². The van der Waals surface area contributed by atoms with Gasteiger partial charge in [0.15, 0.2) is 17.5 Å². The predicted molar refractivity (Wildman–Crippen MR) is 560 cm³/mol. The van der Waals surface area contributed by atoms with E-state index in [1.54, 1.807) is 0 Å². The van der Waals surface area contributed by atoms with Gasteiger partial charge in [-0.25, -0.2) is 15.0 Å². The van der Waals surface area contributed by atoms with Crippen molar-refractivity contribution in [1.29, 1.82) is 0 Å². The van der Waals surface area contributed by atoms with Gasteiger partial charge in [0.2, 0.25) is 0 Å². The Morgan fingerprint density at radius 1 is 0.209 bits per heavy atom. The zero-order valence-electron chi connectivity index (χ0n) is 72.3. The minimum atomic E-state index is -0.181. The van der Waals surface area contributed by atoms with Crippen LogP contribution in [0, 0.1) is 0 Å². The van der Waals surface area contributed by atoms with E-state index in [-0.39, 0.29) is 5.41 Å². The van der Waals surface area contributed by atoms with Crippen LogP contribution in [0.1, 0.15) is 25.0 Å². The van der Waals surface area contributed by atoms with Gasteiger partial charge in [0.25, 0.3) is 0 Å². The molecule has 1 aliphatic carbocycles. The van der Waals surface area contributed by atoms with Crippen molar-refractivity contribution < 1.29 is 0 Å². The third-order valence-corrected chi connectivity index (χ3v) is 30.2. The highest BCUT2D eigenvalue weighted by atomic mass is 32.1. The normalized spacial score (nSPS) is 12.6. The highest BCUT2D eigenvalue weighted by Gasteiger charge is 2.38. The lowest BCUT2D eigenvalue weighted by Gasteiger charge is -2.24. The van der Waals surface area contributed by atoms with Crippen LogP contribution in [-0.4, -0.2) is 59.2 Å². The van der Waals surface area contributed by atoms with Crippen LogP contribution < -0.4 is 0 Å². The molecule has 1 aliphatic rings. The molecule has 0 aliphatic heterocycles. The molecule has 624 valence electrons. The molecular formula is C120H72N12S2. The molecule has 29 aromatic rings. The molecule has 14 heteroatoms. The van der Waals surface area contributed by atoms with Crippen LogP contribution in [0.5, 0.6) is 0 Å². The molecule has 30 rings (SSSR count). The first kappa shape index (κ1) is 75.8. The fourth-order valence-electron chi connectivity index (χ4n) is 21.9. The Morgan fingerprint density at radius 3 is 1.06 bits per heavy atom. The molecule has 0 unspecified atom stereocenters. The Bertz CT molecular complexity index is 10000. The molecule has 21 aromatic carbocycles.